The van der Waals surface area contributed by atoms with E-state index in [1.54, 1.807) is 12.1 Å². The number of hydrogen-bond donors (Lipinski definition) is 2. The zero-order valence-corrected chi connectivity index (χ0v) is 18.6. The topological polar surface area (TPSA) is 66.9 Å². The van der Waals surface area contributed by atoms with Crippen LogP contribution in [0, 0.1) is 26.6 Å². The first-order valence-corrected chi connectivity index (χ1v) is 10.6. The van der Waals surface area contributed by atoms with Crippen LogP contribution in [0.5, 0.6) is 0 Å². The molecule has 0 aliphatic carbocycles. The third kappa shape index (κ3) is 3.84. The highest BCUT2D eigenvalue weighted by Crippen LogP contribution is 2.32. The Morgan fingerprint density at radius 3 is 2.47 bits per heavy atom. The Labute approximate surface area is 185 Å². The molecule has 1 amide bonds. The molecule has 2 N–H and O–H groups in total. The van der Waals surface area contributed by atoms with Crippen molar-refractivity contribution in [2.45, 2.75) is 40.3 Å². The first-order chi connectivity index (χ1) is 15.3. The van der Waals surface area contributed by atoms with Gasteiger partial charge < -0.3 is 14.9 Å². The molecule has 1 unspecified atom stereocenters. The number of hydrogen-bond acceptors (Lipinski definition) is 2. The molecule has 5 nitrogen and oxygen atoms in total. The van der Waals surface area contributed by atoms with Gasteiger partial charge in [-0.05, 0) is 63.1 Å². The molecule has 0 aliphatic rings. The average Bonchev–Trinajstić information content (AvgIpc) is 3.04. The van der Waals surface area contributed by atoms with E-state index < -0.39 is 0 Å². The monoisotopic (exact) mass is 431 g/mol. The Balaban J connectivity index is 1.72. The van der Waals surface area contributed by atoms with Gasteiger partial charge in [0.25, 0.3) is 11.5 Å². The number of nitrogens with one attached hydrogen (secondary N) is 2. The highest BCUT2D eigenvalue weighted by Gasteiger charge is 2.23. The minimum absolute atomic E-state index is 0.0933. The number of rotatable bonds is 5. The summed E-state index contributed by atoms with van der Waals surface area (Å²) in [7, 11) is 0. The van der Waals surface area contributed by atoms with E-state index in [1.165, 1.54) is 12.1 Å². The molecule has 0 spiro atoms. The van der Waals surface area contributed by atoms with Crippen molar-refractivity contribution in [1.29, 1.82) is 0 Å². The van der Waals surface area contributed by atoms with Gasteiger partial charge in [-0.1, -0.05) is 30.3 Å². The van der Waals surface area contributed by atoms with Crippen LogP contribution >= 0.6 is 0 Å². The Bertz CT molecular complexity index is 1370. The third-order valence-corrected chi connectivity index (χ3v) is 6.04. The van der Waals surface area contributed by atoms with E-state index in [2.05, 4.69) is 14.9 Å². The van der Waals surface area contributed by atoms with Crippen molar-refractivity contribution in [3.8, 4) is 0 Å². The first-order valence-electron chi connectivity index (χ1n) is 10.6. The largest absolute Gasteiger partial charge is 0.348 e. The van der Waals surface area contributed by atoms with Crippen molar-refractivity contribution in [3.05, 3.63) is 104 Å². The van der Waals surface area contributed by atoms with Crippen LogP contribution in [0.1, 0.15) is 51.4 Å². The fourth-order valence-corrected chi connectivity index (χ4v) is 4.43. The maximum Gasteiger partial charge on any atom is 0.254 e. The van der Waals surface area contributed by atoms with Gasteiger partial charge in [0, 0.05) is 34.4 Å². The number of carbonyl (C=O) groups is 1. The number of aromatic nitrogens is 2. The van der Waals surface area contributed by atoms with Gasteiger partial charge in [0.05, 0.1) is 11.6 Å². The van der Waals surface area contributed by atoms with Crippen LogP contribution in [0.25, 0.3) is 10.9 Å². The highest BCUT2D eigenvalue weighted by atomic mass is 19.1. The summed E-state index contributed by atoms with van der Waals surface area (Å²) in [6, 6.07) is 16.0. The maximum absolute atomic E-state index is 13.4. The number of aromatic amines is 1. The zero-order chi connectivity index (χ0) is 23.0. The van der Waals surface area contributed by atoms with E-state index in [4.69, 9.17) is 0 Å². The molecule has 2 aromatic heterocycles. The molecule has 32 heavy (non-hydrogen) atoms. The minimum atomic E-state index is -0.281. The predicted octanol–water partition coefficient (Wildman–Crippen LogP) is 4.93. The zero-order valence-electron chi connectivity index (χ0n) is 18.6. The number of fused-ring (bicyclic) bond motifs is 1. The second-order valence-corrected chi connectivity index (χ2v) is 8.20. The molecule has 0 aliphatic heterocycles. The van der Waals surface area contributed by atoms with Gasteiger partial charge in [-0.2, -0.15) is 0 Å². The Hall–Kier alpha value is -3.67. The van der Waals surface area contributed by atoms with E-state index in [9.17, 15) is 14.0 Å². The van der Waals surface area contributed by atoms with Gasteiger partial charge in [-0.3, -0.25) is 9.59 Å². The molecule has 0 saturated carbocycles. The predicted molar refractivity (Wildman–Crippen MR) is 125 cm³/mol. The lowest BCUT2D eigenvalue weighted by molar-refractivity contribution is 0.0951. The molecular weight excluding hydrogens is 405 g/mol. The molecule has 0 bridgehead atoms. The number of benzene rings is 2. The summed E-state index contributed by atoms with van der Waals surface area (Å²) in [6.45, 7) is 7.79. The molecule has 1 atom stereocenters. The maximum atomic E-state index is 13.4. The van der Waals surface area contributed by atoms with Gasteiger partial charge >= 0.3 is 0 Å². The summed E-state index contributed by atoms with van der Waals surface area (Å²) in [6.07, 6.45) is 0. The van der Waals surface area contributed by atoms with E-state index in [1.807, 2.05) is 58.0 Å². The normalized spacial score (nSPS) is 12.2. The van der Waals surface area contributed by atoms with Crippen LogP contribution in [0.2, 0.25) is 0 Å². The van der Waals surface area contributed by atoms with Gasteiger partial charge in [-0.15, -0.1) is 0 Å². The second kappa shape index (κ2) is 8.46. The Morgan fingerprint density at radius 1 is 1.09 bits per heavy atom. The van der Waals surface area contributed by atoms with E-state index in [-0.39, 0.29) is 29.9 Å². The Kier molecular flexibility index (Phi) is 5.70. The molecular formula is C26H26FN3O2. The number of carbonyl (C=O) groups excluding carboxylic acids is 1. The smallest absolute Gasteiger partial charge is 0.254 e. The third-order valence-electron chi connectivity index (χ3n) is 6.04. The molecule has 4 rings (SSSR count). The summed E-state index contributed by atoms with van der Waals surface area (Å²) < 4.78 is 15.5. The molecule has 6 heteroatoms. The number of pyridine rings is 1. The first kappa shape index (κ1) is 21.6. The molecule has 0 radical (unpaired) electrons. The average molecular weight is 432 g/mol. The number of halogens is 1. The number of nitrogens with zero attached hydrogens (tertiary/aromatic N) is 1. The molecule has 4 aromatic rings. The van der Waals surface area contributed by atoms with Gasteiger partial charge in [0.1, 0.15) is 5.82 Å². The summed E-state index contributed by atoms with van der Waals surface area (Å²) in [4.78, 5) is 28.4. The van der Waals surface area contributed by atoms with Crippen molar-refractivity contribution in [2.24, 2.45) is 0 Å². The lowest BCUT2D eigenvalue weighted by Crippen LogP contribution is -2.28. The quantitative estimate of drug-likeness (QED) is 0.470. The summed E-state index contributed by atoms with van der Waals surface area (Å²) in [5.74, 6) is -0.514. The number of amides is 1. The van der Waals surface area contributed by atoms with Crippen molar-refractivity contribution < 1.29 is 9.18 Å². The lowest BCUT2D eigenvalue weighted by Gasteiger charge is -2.18. The van der Waals surface area contributed by atoms with Crippen molar-refractivity contribution in [1.82, 2.24) is 14.9 Å². The van der Waals surface area contributed by atoms with E-state index in [0.29, 0.717) is 11.1 Å². The van der Waals surface area contributed by atoms with E-state index >= 15 is 0 Å². The summed E-state index contributed by atoms with van der Waals surface area (Å²) in [5, 5.41) is 3.77. The molecule has 0 saturated heterocycles. The minimum Gasteiger partial charge on any atom is -0.348 e. The molecule has 0 fully saturated rings. The van der Waals surface area contributed by atoms with Crippen LogP contribution < -0.4 is 10.9 Å². The van der Waals surface area contributed by atoms with Crippen LogP contribution in [0.4, 0.5) is 4.39 Å². The highest BCUT2D eigenvalue weighted by molar-refractivity contribution is 6.08. The number of para-hydroxylation sites is 1. The van der Waals surface area contributed by atoms with Crippen molar-refractivity contribution >= 4 is 16.8 Å². The van der Waals surface area contributed by atoms with Crippen LogP contribution in [-0.4, -0.2) is 15.5 Å². The van der Waals surface area contributed by atoms with Crippen LogP contribution in [0.15, 0.2) is 59.4 Å². The van der Waals surface area contributed by atoms with Crippen LogP contribution in [0.3, 0.4) is 0 Å². The number of aryl methyl sites for hydroxylation is 2. The van der Waals surface area contributed by atoms with Gasteiger partial charge in [0.2, 0.25) is 0 Å². The number of H-pyrrole nitrogens is 1. The Morgan fingerprint density at radius 2 is 1.78 bits per heavy atom. The molecule has 164 valence electrons. The van der Waals surface area contributed by atoms with Gasteiger partial charge in [-0.25, -0.2) is 4.39 Å². The SMILES string of the molecule is Cc1cc(C)c(CNC(=O)c2c(C)n(C(C)c3ccc(F)cc3)c3ccccc23)c(=O)[nH]1. The fourth-order valence-electron chi connectivity index (χ4n) is 4.43. The molecule has 2 aromatic carbocycles. The summed E-state index contributed by atoms with van der Waals surface area (Å²) in [5.41, 5.74) is 5.26. The summed E-state index contributed by atoms with van der Waals surface area (Å²) >= 11 is 0. The molecule has 2 heterocycles. The van der Waals surface area contributed by atoms with Gasteiger partial charge in [0.15, 0.2) is 0 Å². The van der Waals surface area contributed by atoms with Crippen LogP contribution in [-0.2, 0) is 6.54 Å². The van der Waals surface area contributed by atoms with Crippen molar-refractivity contribution in [2.75, 3.05) is 0 Å². The van der Waals surface area contributed by atoms with Crippen molar-refractivity contribution in [3.63, 3.8) is 0 Å². The fraction of sp³-hybridized carbons (Fsp3) is 0.231. The standard InChI is InChI=1S/C26H26FN3O2/c1-15-13-16(2)29-25(31)22(15)14-28-26(32)24-18(4)30(23-8-6-5-7-21(23)24)17(3)19-9-11-20(27)12-10-19/h5-13,17H,14H2,1-4H3,(H,28,32)(H,29,31). The lowest BCUT2D eigenvalue weighted by atomic mass is 10.1. The second-order valence-electron chi connectivity index (χ2n) is 8.20. The van der Waals surface area contributed by atoms with E-state index in [0.717, 1.165) is 33.4 Å².